The standard InChI is InChI=1S/C25H29N5O5/c1-16-13-21(19-5-9-26-29-19)27-22(14-16)25(33)28-20-4-3-18(15-23(20)34-2)35-17-6-10-30(11-7-17)12-8-24(31)32/h3-5,9,13-15,17H,6-8,10-12H2,1-2H3,(H,26,29)(H,28,33)(H,31,32). The van der Waals surface area contributed by atoms with E-state index in [9.17, 15) is 9.59 Å². The highest BCUT2D eigenvalue weighted by atomic mass is 16.5. The van der Waals surface area contributed by atoms with Gasteiger partial charge in [0.05, 0.1) is 30.6 Å². The first kappa shape index (κ1) is 24.2. The van der Waals surface area contributed by atoms with Crippen molar-refractivity contribution in [1.82, 2.24) is 20.1 Å². The highest BCUT2D eigenvalue weighted by molar-refractivity contribution is 6.04. The summed E-state index contributed by atoms with van der Waals surface area (Å²) in [6.07, 6.45) is 3.46. The number of pyridine rings is 1. The molecule has 4 rings (SSSR count). The number of piperidine rings is 1. The van der Waals surface area contributed by atoms with Crippen LogP contribution < -0.4 is 14.8 Å². The number of ether oxygens (including phenoxy) is 2. The van der Waals surface area contributed by atoms with E-state index in [1.54, 1.807) is 36.5 Å². The number of hydrogen-bond donors (Lipinski definition) is 3. The first-order valence-electron chi connectivity index (χ1n) is 11.5. The van der Waals surface area contributed by atoms with Crippen molar-refractivity contribution >= 4 is 17.6 Å². The topological polar surface area (TPSA) is 130 Å². The Balaban J connectivity index is 1.39. The number of carbonyl (C=O) groups excluding carboxylic acids is 1. The Kier molecular flexibility index (Phi) is 7.61. The average molecular weight is 480 g/mol. The number of hydrogen-bond acceptors (Lipinski definition) is 7. The van der Waals surface area contributed by atoms with Gasteiger partial charge in [0, 0.05) is 31.9 Å². The van der Waals surface area contributed by atoms with Gasteiger partial charge in [-0.1, -0.05) is 0 Å². The number of benzene rings is 1. The number of nitrogens with one attached hydrogen (secondary N) is 2. The van der Waals surface area contributed by atoms with Gasteiger partial charge < -0.3 is 24.8 Å². The van der Waals surface area contributed by atoms with Crippen molar-refractivity contribution in [3.05, 3.63) is 53.9 Å². The maximum absolute atomic E-state index is 13.0. The molecule has 1 aromatic carbocycles. The van der Waals surface area contributed by atoms with Crippen LogP contribution in [0.4, 0.5) is 5.69 Å². The Morgan fingerprint density at radius 1 is 1.20 bits per heavy atom. The van der Waals surface area contributed by atoms with E-state index in [0.717, 1.165) is 37.2 Å². The Hall–Kier alpha value is -3.92. The number of rotatable bonds is 9. The lowest BCUT2D eigenvalue weighted by molar-refractivity contribution is -0.137. The van der Waals surface area contributed by atoms with E-state index in [-0.39, 0.29) is 24.1 Å². The molecule has 0 aliphatic carbocycles. The number of carboxylic acids is 1. The lowest BCUT2D eigenvalue weighted by Gasteiger charge is -2.31. The fraction of sp³-hybridized carbons (Fsp3) is 0.360. The van der Waals surface area contributed by atoms with E-state index in [1.165, 1.54) is 7.11 Å². The van der Waals surface area contributed by atoms with Crippen molar-refractivity contribution in [3.63, 3.8) is 0 Å². The predicted molar refractivity (Wildman–Crippen MR) is 130 cm³/mol. The third-order valence-corrected chi connectivity index (χ3v) is 5.88. The van der Waals surface area contributed by atoms with Crippen LogP contribution in [0.2, 0.25) is 0 Å². The summed E-state index contributed by atoms with van der Waals surface area (Å²) >= 11 is 0. The predicted octanol–water partition coefficient (Wildman–Crippen LogP) is 3.36. The van der Waals surface area contributed by atoms with Gasteiger partial charge in [-0.15, -0.1) is 0 Å². The van der Waals surface area contributed by atoms with Crippen molar-refractivity contribution in [2.45, 2.75) is 32.3 Å². The van der Waals surface area contributed by atoms with Crippen LogP contribution in [0.25, 0.3) is 11.4 Å². The molecule has 10 nitrogen and oxygen atoms in total. The van der Waals surface area contributed by atoms with Gasteiger partial charge in [-0.25, -0.2) is 4.98 Å². The Morgan fingerprint density at radius 2 is 2.00 bits per heavy atom. The molecule has 1 amide bonds. The second-order valence-electron chi connectivity index (χ2n) is 8.50. The number of carbonyl (C=O) groups is 2. The fourth-order valence-corrected chi connectivity index (χ4v) is 4.05. The van der Waals surface area contributed by atoms with Crippen molar-refractivity contribution in [3.8, 4) is 22.9 Å². The van der Waals surface area contributed by atoms with Crippen molar-refractivity contribution in [2.75, 3.05) is 32.1 Å². The minimum absolute atomic E-state index is 0.0404. The van der Waals surface area contributed by atoms with Crippen LogP contribution >= 0.6 is 0 Å². The Labute approximate surface area is 203 Å². The molecule has 1 aliphatic rings. The summed E-state index contributed by atoms with van der Waals surface area (Å²) in [5.74, 6) is 0.00415. The van der Waals surface area contributed by atoms with Gasteiger partial charge in [-0.05, 0) is 55.7 Å². The number of aromatic amines is 1. The van der Waals surface area contributed by atoms with Crippen LogP contribution in [0, 0.1) is 6.92 Å². The number of amides is 1. The lowest BCUT2D eigenvalue weighted by atomic mass is 10.1. The summed E-state index contributed by atoms with van der Waals surface area (Å²) in [5, 5.41) is 18.5. The minimum atomic E-state index is -0.779. The molecule has 0 radical (unpaired) electrons. The molecule has 10 heteroatoms. The maximum Gasteiger partial charge on any atom is 0.304 e. The molecule has 3 aromatic rings. The zero-order valence-electron chi connectivity index (χ0n) is 19.8. The van der Waals surface area contributed by atoms with Crippen LogP contribution in [0.3, 0.4) is 0 Å². The van der Waals surface area contributed by atoms with Crippen LogP contribution in [-0.2, 0) is 4.79 Å². The van der Waals surface area contributed by atoms with Gasteiger partial charge in [-0.3, -0.25) is 14.7 Å². The molecule has 1 saturated heterocycles. The minimum Gasteiger partial charge on any atom is -0.494 e. The SMILES string of the molecule is COc1cc(OC2CCN(CCC(=O)O)CC2)ccc1NC(=O)c1cc(C)cc(-c2ccn[nH]2)n1. The van der Waals surface area contributed by atoms with Gasteiger partial charge in [0.1, 0.15) is 23.3 Å². The number of aryl methyl sites for hydroxylation is 1. The number of methoxy groups -OCH3 is 1. The van der Waals surface area contributed by atoms with Crippen molar-refractivity contribution < 1.29 is 24.2 Å². The smallest absolute Gasteiger partial charge is 0.304 e. The molecule has 1 fully saturated rings. The molecule has 2 aromatic heterocycles. The monoisotopic (exact) mass is 479 g/mol. The van der Waals surface area contributed by atoms with Crippen LogP contribution in [0.5, 0.6) is 11.5 Å². The van der Waals surface area contributed by atoms with Gasteiger partial charge in [0.25, 0.3) is 5.91 Å². The molecule has 35 heavy (non-hydrogen) atoms. The molecule has 1 aliphatic heterocycles. The summed E-state index contributed by atoms with van der Waals surface area (Å²) < 4.78 is 11.6. The normalized spacial score (nSPS) is 14.5. The van der Waals surface area contributed by atoms with Crippen molar-refractivity contribution in [1.29, 1.82) is 0 Å². The number of anilines is 1. The summed E-state index contributed by atoms with van der Waals surface area (Å²) in [6, 6.07) is 10.7. The number of carboxylic acid groups (broad SMARTS) is 1. The van der Waals surface area contributed by atoms with E-state index >= 15 is 0 Å². The third kappa shape index (κ3) is 6.36. The number of likely N-dealkylation sites (tertiary alicyclic amines) is 1. The van der Waals surface area contributed by atoms with Gasteiger partial charge in [-0.2, -0.15) is 5.10 Å². The molecule has 0 unspecified atom stereocenters. The molecular weight excluding hydrogens is 450 g/mol. The highest BCUT2D eigenvalue weighted by Gasteiger charge is 2.21. The largest absolute Gasteiger partial charge is 0.494 e. The molecule has 0 saturated carbocycles. The third-order valence-electron chi connectivity index (χ3n) is 5.88. The molecule has 184 valence electrons. The number of nitrogens with zero attached hydrogens (tertiary/aromatic N) is 3. The molecule has 3 heterocycles. The van der Waals surface area contributed by atoms with Gasteiger partial charge in [0.15, 0.2) is 0 Å². The van der Waals surface area contributed by atoms with Crippen LogP contribution in [0.15, 0.2) is 42.6 Å². The van der Waals surface area contributed by atoms with E-state index in [0.29, 0.717) is 29.4 Å². The Bertz CT molecular complexity index is 1170. The molecular formula is C25H29N5O5. The van der Waals surface area contributed by atoms with Gasteiger partial charge >= 0.3 is 5.97 Å². The summed E-state index contributed by atoms with van der Waals surface area (Å²) in [7, 11) is 1.54. The Morgan fingerprint density at radius 3 is 2.69 bits per heavy atom. The second-order valence-corrected chi connectivity index (χ2v) is 8.50. The molecule has 0 spiro atoms. The lowest BCUT2D eigenvalue weighted by Crippen LogP contribution is -2.39. The van der Waals surface area contributed by atoms with Crippen LogP contribution in [-0.4, -0.2) is 69.9 Å². The number of aliphatic carboxylic acids is 1. The van der Waals surface area contributed by atoms with E-state index in [1.807, 2.05) is 13.0 Å². The number of aromatic nitrogens is 3. The first-order chi connectivity index (χ1) is 16.9. The molecule has 3 N–H and O–H groups in total. The summed E-state index contributed by atoms with van der Waals surface area (Å²) in [4.78, 5) is 30.3. The van der Waals surface area contributed by atoms with E-state index in [4.69, 9.17) is 14.6 Å². The molecule has 0 bridgehead atoms. The summed E-state index contributed by atoms with van der Waals surface area (Å²) in [6.45, 7) is 4.06. The van der Waals surface area contributed by atoms with Crippen LogP contribution in [0.1, 0.15) is 35.3 Å². The van der Waals surface area contributed by atoms with Gasteiger partial charge in [0.2, 0.25) is 0 Å². The first-order valence-corrected chi connectivity index (χ1v) is 11.5. The van der Waals surface area contributed by atoms with E-state index < -0.39 is 5.97 Å². The zero-order chi connectivity index (χ0) is 24.8. The fourth-order valence-electron chi connectivity index (χ4n) is 4.05. The zero-order valence-corrected chi connectivity index (χ0v) is 19.8. The maximum atomic E-state index is 13.0. The summed E-state index contributed by atoms with van der Waals surface area (Å²) in [5.41, 5.74) is 3.07. The average Bonchev–Trinajstić information content (AvgIpc) is 3.39. The quantitative estimate of drug-likeness (QED) is 0.426. The van der Waals surface area contributed by atoms with E-state index in [2.05, 4.69) is 25.4 Å². The second kappa shape index (κ2) is 11.0. The van der Waals surface area contributed by atoms with Crippen molar-refractivity contribution in [2.24, 2.45) is 0 Å². The number of H-pyrrole nitrogens is 1. The molecule has 0 atom stereocenters. The highest BCUT2D eigenvalue weighted by Crippen LogP contribution is 2.31.